The minimum atomic E-state index is -0.484. The fraction of sp³-hybridized carbons (Fsp3) is 0.0370. The molecule has 0 aliphatic rings. The van der Waals surface area contributed by atoms with E-state index in [2.05, 4.69) is 30.7 Å². The number of hydrogen-bond donors (Lipinski definition) is 3. The summed E-state index contributed by atoms with van der Waals surface area (Å²) in [5.74, 6) is 0.171. The van der Waals surface area contributed by atoms with Gasteiger partial charge in [-0.2, -0.15) is 5.10 Å². The Bertz CT molecular complexity index is 1610. The molecule has 10 nitrogen and oxygen atoms in total. The molecule has 3 aromatic heterocycles. The highest BCUT2D eigenvalue weighted by atomic mass is 35.5. The lowest BCUT2D eigenvalue weighted by Gasteiger charge is -2.11. The number of aromatic nitrogens is 5. The van der Waals surface area contributed by atoms with Gasteiger partial charge in [-0.25, -0.2) is 19.6 Å². The highest BCUT2D eigenvalue weighted by molar-refractivity contribution is 6.34. The van der Waals surface area contributed by atoms with E-state index in [-0.39, 0.29) is 28.6 Å². The molecule has 3 heterocycles. The maximum atomic E-state index is 13.4. The van der Waals surface area contributed by atoms with Gasteiger partial charge in [0.25, 0.3) is 11.8 Å². The van der Waals surface area contributed by atoms with Crippen LogP contribution in [0, 0.1) is 0 Å². The number of nitrogens with two attached hydrogens (primary N) is 1. The van der Waals surface area contributed by atoms with Crippen LogP contribution in [0.4, 0.5) is 11.6 Å². The number of anilines is 2. The molecule has 0 bridgehead atoms. The lowest BCUT2D eigenvalue weighted by molar-refractivity contribution is 0.0943. The molecule has 4 N–H and O–H groups in total. The first-order valence-corrected chi connectivity index (χ1v) is 11.9. The van der Waals surface area contributed by atoms with Crippen LogP contribution >= 0.6 is 11.6 Å². The van der Waals surface area contributed by atoms with E-state index < -0.39 is 11.8 Å². The molecule has 0 saturated carbocycles. The average Bonchev–Trinajstić information content (AvgIpc) is 3.37. The van der Waals surface area contributed by atoms with Crippen LogP contribution in [0.1, 0.15) is 26.7 Å². The number of pyridine rings is 1. The van der Waals surface area contributed by atoms with Gasteiger partial charge in [-0.05, 0) is 42.5 Å². The van der Waals surface area contributed by atoms with Crippen molar-refractivity contribution in [2.24, 2.45) is 0 Å². The van der Waals surface area contributed by atoms with Crippen molar-refractivity contribution in [1.82, 2.24) is 30.0 Å². The van der Waals surface area contributed by atoms with E-state index in [4.69, 9.17) is 17.3 Å². The number of benzene rings is 2. The zero-order valence-electron chi connectivity index (χ0n) is 19.9. The van der Waals surface area contributed by atoms with Crippen molar-refractivity contribution in [3.63, 3.8) is 0 Å². The summed E-state index contributed by atoms with van der Waals surface area (Å²) in [5.41, 5.74) is 8.06. The monoisotopic (exact) mass is 524 g/mol. The van der Waals surface area contributed by atoms with Crippen LogP contribution in [-0.2, 0) is 6.54 Å². The number of carbonyl (C=O) groups is 2. The molecule has 0 fully saturated rings. The van der Waals surface area contributed by atoms with Crippen molar-refractivity contribution in [3.05, 3.63) is 113 Å². The summed E-state index contributed by atoms with van der Waals surface area (Å²) in [5, 5.41) is 10.3. The Labute approximate surface area is 222 Å². The summed E-state index contributed by atoms with van der Waals surface area (Å²) in [4.78, 5) is 38.7. The summed E-state index contributed by atoms with van der Waals surface area (Å²) >= 11 is 6.38. The third-order valence-corrected chi connectivity index (χ3v) is 5.82. The molecule has 5 aromatic rings. The van der Waals surface area contributed by atoms with Crippen LogP contribution in [-0.4, -0.2) is 36.5 Å². The third kappa shape index (κ3) is 5.50. The van der Waals surface area contributed by atoms with E-state index in [0.717, 1.165) is 0 Å². The predicted octanol–water partition coefficient (Wildman–Crippen LogP) is 4.14. The number of nitrogens with zero attached hydrogens (tertiary/aromatic N) is 5. The first-order chi connectivity index (χ1) is 18.5. The van der Waals surface area contributed by atoms with Gasteiger partial charge >= 0.3 is 0 Å². The fourth-order valence-corrected chi connectivity index (χ4v) is 3.88. The van der Waals surface area contributed by atoms with Gasteiger partial charge in [0.15, 0.2) is 5.69 Å². The van der Waals surface area contributed by atoms with Crippen molar-refractivity contribution < 1.29 is 9.59 Å². The minimum Gasteiger partial charge on any atom is -0.384 e. The summed E-state index contributed by atoms with van der Waals surface area (Å²) in [6.07, 6.45) is 3.18. The first kappa shape index (κ1) is 24.6. The molecule has 0 atom stereocenters. The molecule has 38 heavy (non-hydrogen) atoms. The Morgan fingerprint density at radius 1 is 0.895 bits per heavy atom. The van der Waals surface area contributed by atoms with Gasteiger partial charge in [0.1, 0.15) is 17.5 Å². The van der Waals surface area contributed by atoms with Crippen molar-refractivity contribution in [2.75, 3.05) is 11.1 Å². The normalized spacial score (nSPS) is 10.7. The molecule has 0 saturated heterocycles. The minimum absolute atomic E-state index is 0.101. The number of nitrogens with one attached hydrogen (secondary N) is 2. The average molecular weight is 525 g/mol. The van der Waals surface area contributed by atoms with Gasteiger partial charge in [-0.15, -0.1) is 0 Å². The predicted molar refractivity (Wildman–Crippen MR) is 144 cm³/mol. The lowest BCUT2D eigenvalue weighted by Crippen LogP contribution is -2.24. The van der Waals surface area contributed by atoms with E-state index in [1.54, 1.807) is 67.0 Å². The second-order valence-electron chi connectivity index (χ2n) is 8.11. The highest BCUT2D eigenvalue weighted by Gasteiger charge is 2.20. The first-order valence-electron chi connectivity index (χ1n) is 11.5. The molecule has 0 spiro atoms. The molecule has 0 aliphatic carbocycles. The van der Waals surface area contributed by atoms with E-state index >= 15 is 0 Å². The standard InChI is InChI=1S/C27H21ClN8O2/c28-20-11-10-17(21-8-4-9-23(29)33-21)14-19(20)26(37)34-25-15-22(35-36(25)18-6-2-1-3-7-18)27(38)32-16-24-30-12-5-13-31-24/h1-15H,16H2,(H2,29,33)(H,32,38)(H,34,37). The number of nitrogen functional groups attached to an aromatic ring is 1. The maximum absolute atomic E-state index is 13.4. The van der Waals surface area contributed by atoms with Gasteiger partial charge < -0.3 is 16.4 Å². The third-order valence-electron chi connectivity index (χ3n) is 5.49. The van der Waals surface area contributed by atoms with Crippen LogP contribution in [0.15, 0.2) is 91.3 Å². The second-order valence-corrected chi connectivity index (χ2v) is 8.51. The molecule has 0 unspecified atom stereocenters. The molecule has 0 aliphatic heterocycles. The Balaban J connectivity index is 1.43. The van der Waals surface area contributed by atoms with E-state index in [1.165, 1.54) is 10.7 Å². The summed E-state index contributed by atoms with van der Waals surface area (Å²) < 4.78 is 1.48. The van der Waals surface area contributed by atoms with Gasteiger partial charge in [0, 0.05) is 24.0 Å². The van der Waals surface area contributed by atoms with E-state index in [1.807, 2.05) is 18.2 Å². The largest absolute Gasteiger partial charge is 0.384 e. The topological polar surface area (TPSA) is 141 Å². The van der Waals surface area contributed by atoms with Gasteiger partial charge in [-0.1, -0.05) is 41.9 Å². The molecular weight excluding hydrogens is 504 g/mol. The summed E-state index contributed by atoms with van der Waals surface area (Å²) in [7, 11) is 0. The van der Waals surface area contributed by atoms with Gasteiger partial charge in [0.2, 0.25) is 0 Å². The van der Waals surface area contributed by atoms with Crippen LogP contribution in [0.2, 0.25) is 5.02 Å². The van der Waals surface area contributed by atoms with Crippen molar-refractivity contribution in [2.45, 2.75) is 6.54 Å². The number of para-hydroxylation sites is 1. The molecule has 2 aromatic carbocycles. The molecule has 2 amide bonds. The SMILES string of the molecule is Nc1cccc(-c2ccc(Cl)c(C(=O)Nc3cc(C(=O)NCc4ncccn4)nn3-c3ccccc3)c2)n1. The van der Waals surface area contributed by atoms with Crippen molar-refractivity contribution in [3.8, 4) is 16.9 Å². The zero-order valence-corrected chi connectivity index (χ0v) is 20.6. The summed E-state index contributed by atoms with van der Waals surface area (Å²) in [6.45, 7) is 0.125. The molecular formula is C27H21ClN8O2. The number of halogens is 1. The fourth-order valence-electron chi connectivity index (χ4n) is 3.67. The van der Waals surface area contributed by atoms with Crippen LogP contribution < -0.4 is 16.4 Å². The Morgan fingerprint density at radius 3 is 2.45 bits per heavy atom. The number of carbonyl (C=O) groups excluding carboxylic acids is 2. The molecule has 188 valence electrons. The Hall–Kier alpha value is -5.09. The van der Waals surface area contributed by atoms with Crippen LogP contribution in [0.25, 0.3) is 16.9 Å². The number of amides is 2. The maximum Gasteiger partial charge on any atom is 0.272 e. The smallest absolute Gasteiger partial charge is 0.272 e. The molecule has 11 heteroatoms. The van der Waals surface area contributed by atoms with Crippen molar-refractivity contribution >= 4 is 35.1 Å². The number of rotatable bonds is 7. The van der Waals surface area contributed by atoms with Crippen molar-refractivity contribution in [1.29, 1.82) is 0 Å². The molecule has 0 radical (unpaired) electrons. The van der Waals surface area contributed by atoms with E-state index in [9.17, 15) is 9.59 Å². The molecule has 5 rings (SSSR count). The number of hydrogen-bond acceptors (Lipinski definition) is 7. The Morgan fingerprint density at radius 2 is 1.68 bits per heavy atom. The lowest BCUT2D eigenvalue weighted by atomic mass is 10.1. The van der Waals surface area contributed by atoms with E-state index in [0.29, 0.717) is 28.6 Å². The van der Waals surface area contributed by atoms with Gasteiger partial charge in [0.05, 0.1) is 28.5 Å². The zero-order chi connectivity index (χ0) is 26.5. The highest BCUT2D eigenvalue weighted by Crippen LogP contribution is 2.26. The van der Waals surface area contributed by atoms with Crippen LogP contribution in [0.5, 0.6) is 0 Å². The van der Waals surface area contributed by atoms with Gasteiger partial charge in [-0.3, -0.25) is 9.59 Å². The second kappa shape index (κ2) is 10.9. The quantitative estimate of drug-likeness (QED) is 0.290. The van der Waals surface area contributed by atoms with Crippen LogP contribution in [0.3, 0.4) is 0 Å². The summed E-state index contributed by atoms with van der Waals surface area (Å²) in [6, 6.07) is 22.6. The Kier molecular flexibility index (Phi) is 7.05.